The number of carbonyl (C=O) groups excluding carboxylic acids is 1. The Balaban J connectivity index is 1.88. The first kappa shape index (κ1) is 15.1. The third-order valence-electron chi connectivity index (χ3n) is 2.65. The molecule has 0 fully saturated rings. The Labute approximate surface area is 117 Å². The van der Waals surface area contributed by atoms with Crippen molar-refractivity contribution in [2.45, 2.75) is 33.2 Å². The summed E-state index contributed by atoms with van der Waals surface area (Å²) in [5, 5.41) is 3.25. The van der Waals surface area contributed by atoms with Gasteiger partial charge in [0.05, 0.1) is 5.69 Å². The number of esters is 1. The van der Waals surface area contributed by atoms with Crippen LogP contribution in [0, 0.1) is 13.8 Å². The van der Waals surface area contributed by atoms with Crippen molar-refractivity contribution in [1.29, 1.82) is 0 Å². The summed E-state index contributed by atoms with van der Waals surface area (Å²) in [4.78, 5) is 15.5. The van der Waals surface area contributed by atoms with E-state index >= 15 is 0 Å². The lowest BCUT2D eigenvalue weighted by molar-refractivity contribution is -0.148. The van der Waals surface area contributed by atoms with Crippen LogP contribution >= 0.6 is 0 Å². The maximum absolute atomic E-state index is 12.3. The molecule has 2 heterocycles. The molecule has 2 aromatic heterocycles. The minimum Gasteiger partial charge on any atom is -0.454 e. The lowest BCUT2D eigenvalue weighted by atomic mass is 10.4. The number of aryl methyl sites for hydroxylation is 2. The third kappa shape index (κ3) is 3.83. The SMILES string of the molecule is Cc1nc(COC(=O)Cn2ccc(C(F)(F)F)n2)oc1C. The predicted molar refractivity (Wildman–Crippen MR) is 63.0 cm³/mol. The van der Waals surface area contributed by atoms with Gasteiger partial charge in [0.2, 0.25) is 5.89 Å². The lowest BCUT2D eigenvalue weighted by Crippen LogP contribution is -2.15. The Morgan fingerprint density at radius 1 is 1.43 bits per heavy atom. The van der Waals surface area contributed by atoms with Gasteiger partial charge in [-0.25, -0.2) is 4.98 Å². The maximum Gasteiger partial charge on any atom is 0.435 e. The van der Waals surface area contributed by atoms with E-state index in [1.54, 1.807) is 13.8 Å². The maximum atomic E-state index is 12.3. The van der Waals surface area contributed by atoms with Gasteiger partial charge in [-0.2, -0.15) is 18.3 Å². The molecule has 0 aliphatic heterocycles. The van der Waals surface area contributed by atoms with Crippen LogP contribution in [-0.2, 0) is 28.9 Å². The summed E-state index contributed by atoms with van der Waals surface area (Å²) in [6, 6.07) is 0.786. The van der Waals surface area contributed by atoms with Crippen molar-refractivity contribution >= 4 is 5.97 Å². The van der Waals surface area contributed by atoms with Crippen LogP contribution in [0.5, 0.6) is 0 Å². The summed E-state index contributed by atoms with van der Waals surface area (Å²) in [6.07, 6.45) is -3.48. The molecule has 0 saturated heterocycles. The second kappa shape index (κ2) is 5.58. The third-order valence-corrected chi connectivity index (χ3v) is 2.65. The van der Waals surface area contributed by atoms with Gasteiger partial charge in [-0.1, -0.05) is 0 Å². The number of rotatable bonds is 4. The molecular formula is C12H12F3N3O3. The molecular weight excluding hydrogens is 291 g/mol. The number of alkyl halides is 3. The van der Waals surface area contributed by atoms with Crippen LogP contribution in [0.3, 0.4) is 0 Å². The van der Waals surface area contributed by atoms with E-state index in [0.29, 0.717) is 11.5 Å². The van der Waals surface area contributed by atoms with Gasteiger partial charge in [-0.05, 0) is 19.9 Å². The lowest BCUT2D eigenvalue weighted by Gasteiger charge is -2.03. The van der Waals surface area contributed by atoms with E-state index in [1.165, 1.54) is 0 Å². The molecule has 0 unspecified atom stereocenters. The first-order chi connectivity index (χ1) is 9.75. The van der Waals surface area contributed by atoms with Crippen LogP contribution in [0.4, 0.5) is 13.2 Å². The van der Waals surface area contributed by atoms with E-state index in [2.05, 4.69) is 10.1 Å². The molecule has 2 aromatic rings. The number of hydrogen-bond donors (Lipinski definition) is 0. The minimum absolute atomic E-state index is 0.180. The molecule has 9 heteroatoms. The Morgan fingerprint density at radius 2 is 2.14 bits per heavy atom. The van der Waals surface area contributed by atoms with Crippen molar-refractivity contribution in [2.75, 3.05) is 0 Å². The van der Waals surface area contributed by atoms with Gasteiger partial charge in [0, 0.05) is 6.20 Å². The van der Waals surface area contributed by atoms with E-state index in [-0.39, 0.29) is 12.5 Å². The van der Waals surface area contributed by atoms with E-state index < -0.39 is 24.4 Å². The van der Waals surface area contributed by atoms with Crippen molar-refractivity contribution in [3.63, 3.8) is 0 Å². The zero-order valence-corrected chi connectivity index (χ0v) is 11.3. The van der Waals surface area contributed by atoms with Crippen LogP contribution in [-0.4, -0.2) is 20.7 Å². The highest BCUT2D eigenvalue weighted by atomic mass is 19.4. The van der Waals surface area contributed by atoms with Crippen LogP contribution in [0.1, 0.15) is 23.0 Å². The van der Waals surface area contributed by atoms with Gasteiger partial charge >= 0.3 is 12.1 Å². The molecule has 114 valence electrons. The largest absolute Gasteiger partial charge is 0.454 e. The zero-order chi connectivity index (χ0) is 15.6. The van der Waals surface area contributed by atoms with Crippen LogP contribution < -0.4 is 0 Å². The first-order valence-electron chi connectivity index (χ1n) is 5.95. The number of hydrogen-bond acceptors (Lipinski definition) is 5. The number of halogens is 3. The Bertz CT molecular complexity index is 626. The topological polar surface area (TPSA) is 70.2 Å². The number of carbonyl (C=O) groups is 1. The van der Waals surface area contributed by atoms with Crippen molar-refractivity contribution in [3.8, 4) is 0 Å². The highest BCUT2D eigenvalue weighted by Gasteiger charge is 2.33. The average Bonchev–Trinajstić information content (AvgIpc) is 2.95. The molecule has 6 nitrogen and oxygen atoms in total. The standard InChI is InChI=1S/C12H12F3N3O3/c1-7-8(2)21-10(16-7)6-20-11(19)5-18-4-3-9(17-18)12(13,14)15/h3-4H,5-6H2,1-2H3. The van der Waals surface area contributed by atoms with Crippen molar-refractivity contribution < 1.29 is 27.1 Å². The highest BCUT2D eigenvalue weighted by molar-refractivity contribution is 5.68. The second-order valence-electron chi connectivity index (χ2n) is 4.31. The molecule has 0 atom stereocenters. The Hall–Kier alpha value is -2.32. The van der Waals surface area contributed by atoms with E-state index in [9.17, 15) is 18.0 Å². The highest BCUT2D eigenvalue weighted by Crippen LogP contribution is 2.27. The molecule has 0 amide bonds. The molecule has 0 spiro atoms. The van der Waals surface area contributed by atoms with Crippen LogP contribution in [0.2, 0.25) is 0 Å². The number of oxazole rings is 1. The van der Waals surface area contributed by atoms with Gasteiger partial charge in [0.1, 0.15) is 12.3 Å². The molecule has 0 N–H and O–H groups in total. The molecule has 0 aliphatic rings. The smallest absolute Gasteiger partial charge is 0.435 e. The Morgan fingerprint density at radius 3 is 2.67 bits per heavy atom. The number of ether oxygens (including phenoxy) is 1. The average molecular weight is 303 g/mol. The second-order valence-corrected chi connectivity index (χ2v) is 4.31. The molecule has 0 aromatic carbocycles. The fraction of sp³-hybridized carbons (Fsp3) is 0.417. The van der Waals surface area contributed by atoms with Gasteiger partial charge in [0.25, 0.3) is 0 Å². The van der Waals surface area contributed by atoms with Crippen LogP contribution in [0.25, 0.3) is 0 Å². The van der Waals surface area contributed by atoms with Crippen molar-refractivity contribution in [1.82, 2.24) is 14.8 Å². The number of nitrogens with zero attached hydrogens (tertiary/aromatic N) is 3. The summed E-state index contributed by atoms with van der Waals surface area (Å²) in [7, 11) is 0. The summed E-state index contributed by atoms with van der Waals surface area (Å²) >= 11 is 0. The zero-order valence-electron chi connectivity index (χ0n) is 11.3. The van der Waals surface area contributed by atoms with Gasteiger partial charge in [-0.15, -0.1) is 0 Å². The molecule has 21 heavy (non-hydrogen) atoms. The van der Waals surface area contributed by atoms with E-state index in [0.717, 1.165) is 16.9 Å². The fourth-order valence-electron chi connectivity index (χ4n) is 1.52. The predicted octanol–water partition coefficient (Wildman–Crippen LogP) is 2.25. The molecule has 0 bridgehead atoms. The number of aromatic nitrogens is 3. The van der Waals surface area contributed by atoms with Gasteiger partial charge in [-0.3, -0.25) is 9.48 Å². The van der Waals surface area contributed by atoms with Crippen molar-refractivity contribution in [3.05, 3.63) is 35.3 Å². The van der Waals surface area contributed by atoms with Gasteiger partial charge < -0.3 is 9.15 Å². The van der Waals surface area contributed by atoms with E-state index in [1.807, 2.05) is 0 Å². The quantitative estimate of drug-likeness (QED) is 0.810. The fourth-order valence-corrected chi connectivity index (χ4v) is 1.52. The normalized spacial score (nSPS) is 11.7. The summed E-state index contributed by atoms with van der Waals surface area (Å²) in [5.74, 6) is 0.109. The summed E-state index contributed by atoms with van der Waals surface area (Å²) in [5.41, 5.74) is -0.378. The Kier molecular flexibility index (Phi) is 4.01. The molecule has 0 saturated carbocycles. The van der Waals surface area contributed by atoms with E-state index in [4.69, 9.17) is 9.15 Å². The molecule has 0 aliphatic carbocycles. The van der Waals surface area contributed by atoms with Gasteiger partial charge in [0.15, 0.2) is 12.3 Å². The molecule has 2 rings (SSSR count). The first-order valence-corrected chi connectivity index (χ1v) is 5.95. The van der Waals surface area contributed by atoms with Crippen molar-refractivity contribution in [2.24, 2.45) is 0 Å². The van der Waals surface area contributed by atoms with Crippen LogP contribution in [0.15, 0.2) is 16.7 Å². The minimum atomic E-state index is -4.54. The molecule has 0 radical (unpaired) electrons. The monoisotopic (exact) mass is 303 g/mol. The summed E-state index contributed by atoms with van der Waals surface area (Å²) < 4.78 is 47.9. The summed E-state index contributed by atoms with van der Waals surface area (Å²) in [6.45, 7) is 2.86.